The van der Waals surface area contributed by atoms with E-state index in [9.17, 15) is 13.7 Å². The molecule has 0 unspecified atom stereocenters. The number of hydrogen-bond acceptors (Lipinski definition) is 4. The molecule has 0 radical (unpaired) electrons. The summed E-state index contributed by atoms with van der Waals surface area (Å²) in [7, 11) is -3.30. The van der Waals surface area contributed by atoms with Gasteiger partial charge in [0.15, 0.2) is 9.84 Å². The Morgan fingerprint density at radius 1 is 1.29 bits per heavy atom. The number of rotatable bonds is 6. The maximum atomic E-state index is 12.0. The smallest absolute Gasteiger partial charge is 0.152 e. The predicted molar refractivity (Wildman–Crippen MR) is 81.7 cm³/mol. The summed E-state index contributed by atoms with van der Waals surface area (Å²) < 4.78 is 29.4. The monoisotopic (exact) mass is 307 g/mol. The van der Waals surface area contributed by atoms with Crippen LogP contribution >= 0.6 is 0 Å². The molecule has 0 aliphatic heterocycles. The molecular formula is C16H21NO3S. The van der Waals surface area contributed by atoms with Crippen molar-refractivity contribution in [1.29, 1.82) is 5.26 Å². The van der Waals surface area contributed by atoms with E-state index in [0.29, 0.717) is 6.61 Å². The van der Waals surface area contributed by atoms with Crippen LogP contribution in [0.1, 0.15) is 30.9 Å². The van der Waals surface area contributed by atoms with Crippen LogP contribution < -0.4 is 0 Å². The van der Waals surface area contributed by atoms with Gasteiger partial charge in [-0.2, -0.15) is 5.26 Å². The zero-order chi connectivity index (χ0) is 15.7. The highest BCUT2D eigenvalue weighted by Gasteiger charge is 2.71. The Bertz CT molecular complexity index is 645. The Kier molecular flexibility index (Phi) is 4.40. The lowest BCUT2D eigenvalue weighted by molar-refractivity contribution is 0.117. The maximum Gasteiger partial charge on any atom is 0.152 e. The van der Waals surface area contributed by atoms with Crippen molar-refractivity contribution in [2.75, 3.05) is 19.5 Å². The zero-order valence-corrected chi connectivity index (χ0v) is 13.5. The van der Waals surface area contributed by atoms with Gasteiger partial charge >= 0.3 is 0 Å². The van der Waals surface area contributed by atoms with Gasteiger partial charge in [-0.1, -0.05) is 31.2 Å². The average molecular weight is 307 g/mol. The molecule has 0 spiro atoms. The van der Waals surface area contributed by atoms with Crippen LogP contribution in [0, 0.1) is 16.7 Å². The summed E-state index contributed by atoms with van der Waals surface area (Å²) in [6, 6.07) is 10.1. The van der Waals surface area contributed by atoms with Crippen molar-refractivity contribution in [1.82, 2.24) is 0 Å². The standard InChI is InChI=1S/C16H21NO3S/c1-4-12-6-8-13(9-7-12)14-15(21(3,18)19)16(14,10-17)11-20-5-2/h6-9,14-15H,4-5,11H2,1-3H3/t14-,15-,16-/m1/s1. The van der Waals surface area contributed by atoms with E-state index in [1.165, 1.54) is 11.8 Å². The van der Waals surface area contributed by atoms with Gasteiger partial charge in [-0.15, -0.1) is 0 Å². The van der Waals surface area contributed by atoms with Gasteiger partial charge in [0, 0.05) is 18.8 Å². The molecule has 114 valence electrons. The minimum atomic E-state index is -3.30. The summed E-state index contributed by atoms with van der Waals surface area (Å²) in [6.45, 7) is 4.55. The lowest BCUT2D eigenvalue weighted by Gasteiger charge is -2.09. The summed E-state index contributed by atoms with van der Waals surface area (Å²) in [4.78, 5) is 0. The van der Waals surface area contributed by atoms with Crippen molar-refractivity contribution in [2.45, 2.75) is 31.4 Å². The third kappa shape index (κ3) is 2.83. The fourth-order valence-corrected chi connectivity index (χ4v) is 4.92. The highest BCUT2D eigenvalue weighted by molar-refractivity contribution is 7.91. The van der Waals surface area contributed by atoms with Crippen molar-refractivity contribution >= 4 is 9.84 Å². The fraction of sp³-hybridized carbons (Fsp3) is 0.562. The van der Waals surface area contributed by atoms with Crippen molar-refractivity contribution < 1.29 is 13.2 Å². The lowest BCUT2D eigenvalue weighted by Crippen LogP contribution is -2.18. The summed E-state index contributed by atoms with van der Waals surface area (Å²) in [5.41, 5.74) is 1.16. The Balaban J connectivity index is 2.37. The first-order valence-electron chi connectivity index (χ1n) is 7.17. The molecule has 1 aliphatic carbocycles. The molecule has 0 saturated heterocycles. The van der Waals surface area contributed by atoms with E-state index in [4.69, 9.17) is 4.74 Å². The molecule has 0 amide bonds. The molecule has 1 aromatic carbocycles. The highest BCUT2D eigenvalue weighted by Crippen LogP contribution is 2.62. The molecule has 21 heavy (non-hydrogen) atoms. The van der Waals surface area contributed by atoms with Crippen LogP contribution in [-0.4, -0.2) is 33.1 Å². The van der Waals surface area contributed by atoms with Crippen LogP contribution in [0.15, 0.2) is 24.3 Å². The lowest BCUT2D eigenvalue weighted by atomic mass is 10.00. The van der Waals surface area contributed by atoms with Gasteiger partial charge in [0.05, 0.1) is 17.9 Å². The summed E-state index contributed by atoms with van der Waals surface area (Å²) >= 11 is 0. The van der Waals surface area contributed by atoms with Gasteiger partial charge in [-0.3, -0.25) is 0 Å². The average Bonchev–Trinajstić information content (AvgIpc) is 3.15. The van der Waals surface area contributed by atoms with Crippen molar-refractivity contribution in [3.63, 3.8) is 0 Å². The van der Waals surface area contributed by atoms with Gasteiger partial charge in [0.1, 0.15) is 5.41 Å². The van der Waals surface area contributed by atoms with E-state index in [-0.39, 0.29) is 12.5 Å². The van der Waals surface area contributed by atoms with Crippen molar-refractivity contribution in [3.05, 3.63) is 35.4 Å². The third-order valence-electron chi connectivity index (χ3n) is 4.22. The van der Waals surface area contributed by atoms with E-state index in [0.717, 1.165) is 12.0 Å². The first-order chi connectivity index (χ1) is 9.90. The number of nitriles is 1. The van der Waals surface area contributed by atoms with Gasteiger partial charge in [-0.05, 0) is 24.5 Å². The maximum absolute atomic E-state index is 12.0. The van der Waals surface area contributed by atoms with E-state index in [2.05, 4.69) is 13.0 Å². The number of aryl methyl sites for hydroxylation is 1. The highest BCUT2D eigenvalue weighted by atomic mass is 32.2. The second-order valence-corrected chi connectivity index (χ2v) is 7.78. The summed E-state index contributed by atoms with van der Waals surface area (Å²) in [5.74, 6) is -0.296. The number of ether oxygens (including phenoxy) is 1. The summed E-state index contributed by atoms with van der Waals surface area (Å²) in [6.07, 6.45) is 2.14. The Labute approximate surface area is 126 Å². The van der Waals surface area contributed by atoms with Gasteiger partial charge in [0.25, 0.3) is 0 Å². The minimum absolute atomic E-state index is 0.165. The molecule has 1 saturated carbocycles. The molecule has 2 rings (SSSR count). The topological polar surface area (TPSA) is 67.2 Å². The van der Waals surface area contributed by atoms with Crippen LogP contribution in [0.3, 0.4) is 0 Å². The van der Waals surface area contributed by atoms with Crippen molar-refractivity contribution in [2.24, 2.45) is 5.41 Å². The molecule has 0 bridgehead atoms. The van der Waals surface area contributed by atoms with Crippen LogP contribution in [0.5, 0.6) is 0 Å². The first kappa shape index (κ1) is 16.0. The van der Waals surface area contributed by atoms with Crippen LogP contribution in [0.2, 0.25) is 0 Å². The Morgan fingerprint density at radius 3 is 2.33 bits per heavy atom. The van der Waals surface area contributed by atoms with E-state index >= 15 is 0 Å². The molecule has 1 aliphatic rings. The molecule has 0 heterocycles. The minimum Gasteiger partial charge on any atom is -0.380 e. The SMILES string of the molecule is CCOC[C@]1(C#N)[C@H](c2ccc(CC)cc2)[C@H]1S(C)(=O)=O. The first-order valence-corrected chi connectivity index (χ1v) is 9.12. The molecular weight excluding hydrogens is 286 g/mol. The number of sulfone groups is 1. The zero-order valence-electron chi connectivity index (χ0n) is 12.7. The molecule has 3 atom stereocenters. The number of nitrogens with zero attached hydrogens (tertiary/aromatic N) is 1. The largest absolute Gasteiger partial charge is 0.380 e. The third-order valence-corrected chi connectivity index (χ3v) is 5.83. The molecule has 0 N–H and O–H groups in total. The second kappa shape index (κ2) is 5.78. The fourth-order valence-electron chi connectivity index (χ4n) is 3.08. The molecule has 0 aromatic heterocycles. The second-order valence-electron chi connectivity index (χ2n) is 5.61. The summed E-state index contributed by atoms with van der Waals surface area (Å²) in [5, 5.41) is 8.88. The Morgan fingerprint density at radius 2 is 1.90 bits per heavy atom. The molecule has 1 aromatic rings. The van der Waals surface area contributed by atoms with E-state index in [1.807, 2.05) is 31.2 Å². The van der Waals surface area contributed by atoms with Crippen LogP contribution in [-0.2, 0) is 21.0 Å². The number of hydrogen-bond donors (Lipinski definition) is 0. The molecule has 5 heteroatoms. The van der Waals surface area contributed by atoms with Crippen LogP contribution in [0.4, 0.5) is 0 Å². The van der Waals surface area contributed by atoms with Crippen LogP contribution in [0.25, 0.3) is 0 Å². The van der Waals surface area contributed by atoms with E-state index < -0.39 is 20.5 Å². The van der Waals surface area contributed by atoms with E-state index in [1.54, 1.807) is 0 Å². The van der Waals surface area contributed by atoms with Gasteiger partial charge in [0.2, 0.25) is 0 Å². The predicted octanol–water partition coefficient (Wildman–Crippen LogP) is 2.31. The number of benzene rings is 1. The van der Waals surface area contributed by atoms with Gasteiger partial charge < -0.3 is 4.74 Å². The molecule has 4 nitrogen and oxygen atoms in total. The normalized spacial score (nSPS) is 28.1. The Hall–Kier alpha value is -1.38. The molecule has 1 fully saturated rings. The quantitative estimate of drug-likeness (QED) is 0.809. The van der Waals surface area contributed by atoms with Gasteiger partial charge in [-0.25, -0.2) is 8.42 Å². The van der Waals surface area contributed by atoms with Crippen molar-refractivity contribution in [3.8, 4) is 6.07 Å².